The van der Waals surface area contributed by atoms with Crippen LogP contribution in [-0.4, -0.2) is 24.9 Å². The lowest BCUT2D eigenvalue weighted by Crippen LogP contribution is -2.24. The average molecular weight is 986 g/mol. The van der Waals surface area contributed by atoms with Crippen LogP contribution >= 0.6 is 0 Å². The summed E-state index contributed by atoms with van der Waals surface area (Å²) in [6.45, 7) is 6.20. The van der Waals surface area contributed by atoms with E-state index in [4.69, 9.17) is 0 Å². The summed E-state index contributed by atoms with van der Waals surface area (Å²) < 4.78 is 0. The van der Waals surface area contributed by atoms with Gasteiger partial charge in [-0.05, 0) is 25.7 Å². The number of unbranched alkanes of at least 4 members (excludes halogenated alkanes) is 55. The quantitative estimate of drug-likeness (QED) is 0.0597. The molecule has 0 atom stereocenters. The van der Waals surface area contributed by atoms with Gasteiger partial charge in [0.1, 0.15) is 0 Å². The molecule has 0 spiro atoms. The van der Waals surface area contributed by atoms with E-state index in [1.807, 2.05) is 0 Å². The average Bonchev–Trinajstić information content (AvgIpc) is 3.36. The van der Waals surface area contributed by atoms with Crippen LogP contribution in [0.5, 0.6) is 0 Å². The zero-order valence-corrected chi connectivity index (χ0v) is 48.7. The fourth-order valence-electron chi connectivity index (χ4n) is 10.8. The van der Waals surface area contributed by atoms with Crippen LogP contribution in [0.1, 0.15) is 399 Å². The number of hydrogen-bond donors (Lipinski definition) is 2. The van der Waals surface area contributed by atoms with Crippen molar-refractivity contribution in [1.29, 1.82) is 0 Å². The second-order valence-corrected chi connectivity index (χ2v) is 23.0. The number of carbonyl (C=O) groups excluding carboxylic acids is 2. The summed E-state index contributed by atoms with van der Waals surface area (Å²) in [7, 11) is 0. The Balaban J connectivity index is 3.21. The predicted octanol–water partition coefficient (Wildman–Crippen LogP) is 22.7. The minimum absolute atomic E-state index is 0.230. The molecule has 0 saturated carbocycles. The van der Waals surface area contributed by atoms with Gasteiger partial charge in [-0.15, -0.1) is 0 Å². The van der Waals surface area contributed by atoms with Crippen LogP contribution in [0.25, 0.3) is 0 Å². The van der Waals surface area contributed by atoms with Crippen molar-refractivity contribution >= 4 is 11.8 Å². The number of hydrogen-bond acceptors (Lipinski definition) is 2. The molecule has 2 amide bonds. The number of amides is 2. The van der Waals surface area contributed by atoms with E-state index in [0.29, 0.717) is 12.8 Å². The molecule has 0 rings (SSSR count). The third-order valence-corrected chi connectivity index (χ3v) is 15.8. The Bertz CT molecular complexity index is 892. The molecule has 0 saturated heterocycles. The van der Waals surface area contributed by atoms with Gasteiger partial charge in [0.05, 0.1) is 0 Å². The highest BCUT2D eigenvalue weighted by Crippen LogP contribution is 2.19. The molecule has 2 N–H and O–H groups in total. The number of nitrogens with one attached hydrogen (secondary N) is 2. The Morgan fingerprint density at radius 3 is 0.471 bits per heavy atom. The summed E-state index contributed by atoms with van der Waals surface area (Å²) in [5.74, 6) is 0.459. The van der Waals surface area contributed by atoms with Gasteiger partial charge in [0, 0.05) is 25.9 Å². The Morgan fingerprint density at radius 2 is 0.314 bits per heavy atom. The van der Waals surface area contributed by atoms with Crippen molar-refractivity contribution in [3.05, 3.63) is 0 Å². The minimum Gasteiger partial charge on any atom is -0.356 e. The van der Waals surface area contributed by atoms with Crippen molar-refractivity contribution in [3.8, 4) is 0 Å². The molecule has 0 aliphatic heterocycles. The van der Waals surface area contributed by atoms with Gasteiger partial charge in [-0.1, -0.05) is 361 Å². The van der Waals surface area contributed by atoms with Crippen LogP contribution in [0.2, 0.25) is 0 Å². The summed E-state index contributed by atoms with van der Waals surface area (Å²) in [4.78, 5) is 24.5. The van der Waals surface area contributed by atoms with Crippen LogP contribution in [0, 0.1) is 0 Å². The molecule has 4 nitrogen and oxygen atoms in total. The highest BCUT2D eigenvalue weighted by Gasteiger charge is 2.04. The first-order valence-corrected chi connectivity index (χ1v) is 33.2. The zero-order chi connectivity index (χ0) is 50.4. The molecule has 0 aliphatic carbocycles. The minimum atomic E-state index is 0.230. The first-order chi connectivity index (χ1) is 34.7. The third kappa shape index (κ3) is 63.1. The van der Waals surface area contributed by atoms with Gasteiger partial charge >= 0.3 is 0 Å². The van der Waals surface area contributed by atoms with Crippen LogP contribution in [0.4, 0.5) is 0 Å². The zero-order valence-electron chi connectivity index (χ0n) is 48.7. The van der Waals surface area contributed by atoms with E-state index >= 15 is 0 Å². The molecule has 4 heteroatoms. The van der Waals surface area contributed by atoms with E-state index in [2.05, 4.69) is 24.5 Å². The third-order valence-electron chi connectivity index (χ3n) is 15.8. The van der Waals surface area contributed by atoms with Crippen molar-refractivity contribution in [1.82, 2.24) is 10.6 Å². The lowest BCUT2D eigenvalue weighted by molar-refractivity contribution is -0.122. The standard InChI is InChI=1S/C66H132N2O2/c1-3-5-7-9-11-13-15-17-19-21-23-25-27-29-31-33-35-37-39-41-43-45-47-49-51-53-57-61-65(69)67-63-59-55-56-60-64-68-66(70)62-58-54-52-50-48-46-44-42-40-38-36-34-32-30-28-26-24-22-20-18-16-14-12-10-8-6-4-2/h3-64H2,1-2H3,(H,67,69)(H,68,70). The molecular formula is C66H132N2O2. The molecule has 0 aliphatic rings. The molecule has 0 fully saturated rings. The van der Waals surface area contributed by atoms with Crippen molar-refractivity contribution < 1.29 is 9.59 Å². The van der Waals surface area contributed by atoms with Gasteiger partial charge in [0.25, 0.3) is 0 Å². The Kier molecular flexibility index (Phi) is 63.1. The summed E-state index contributed by atoms with van der Waals surface area (Å²) in [5.41, 5.74) is 0. The van der Waals surface area contributed by atoms with E-state index < -0.39 is 0 Å². The summed E-state index contributed by atoms with van der Waals surface area (Å²) in [6.07, 6.45) is 81.9. The van der Waals surface area contributed by atoms with Crippen LogP contribution in [0.15, 0.2) is 0 Å². The topological polar surface area (TPSA) is 58.2 Å². The fourth-order valence-corrected chi connectivity index (χ4v) is 10.8. The van der Waals surface area contributed by atoms with Crippen molar-refractivity contribution in [3.63, 3.8) is 0 Å². The van der Waals surface area contributed by atoms with E-state index in [1.165, 1.54) is 334 Å². The molecule has 70 heavy (non-hydrogen) atoms. The Morgan fingerprint density at radius 1 is 0.186 bits per heavy atom. The molecule has 0 aromatic heterocycles. The molecule has 0 radical (unpaired) electrons. The predicted molar refractivity (Wildman–Crippen MR) is 314 cm³/mol. The highest BCUT2D eigenvalue weighted by molar-refractivity contribution is 5.76. The van der Waals surface area contributed by atoms with Gasteiger partial charge < -0.3 is 10.6 Å². The van der Waals surface area contributed by atoms with E-state index in [-0.39, 0.29) is 11.8 Å². The summed E-state index contributed by atoms with van der Waals surface area (Å²) >= 11 is 0. The molecule has 0 heterocycles. The second-order valence-electron chi connectivity index (χ2n) is 23.0. The SMILES string of the molecule is CCCCCCCCCCCCCCCCCCCCCCCCCCCCCC(=O)NCCCCCCNC(=O)CCCCCCCCCCCCCCCCCCCCCCCCCCCCC. The lowest BCUT2D eigenvalue weighted by Gasteiger charge is -2.07. The van der Waals surface area contributed by atoms with E-state index in [0.717, 1.165) is 51.6 Å². The van der Waals surface area contributed by atoms with Crippen LogP contribution < -0.4 is 10.6 Å². The van der Waals surface area contributed by atoms with Gasteiger partial charge in [0.2, 0.25) is 11.8 Å². The molecule has 418 valence electrons. The number of carbonyl (C=O) groups is 2. The van der Waals surface area contributed by atoms with Crippen molar-refractivity contribution in [2.75, 3.05) is 13.1 Å². The molecule has 0 aromatic rings. The smallest absolute Gasteiger partial charge is 0.219 e. The Labute approximate surface area is 442 Å². The molecular weight excluding hydrogens is 853 g/mol. The largest absolute Gasteiger partial charge is 0.356 e. The maximum atomic E-state index is 12.2. The maximum absolute atomic E-state index is 12.2. The normalized spacial score (nSPS) is 11.5. The van der Waals surface area contributed by atoms with Gasteiger partial charge in [-0.25, -0.2) is 0 Å². The van der Waals surface area contributed by atoms with Gasteiger partial charge in [-0.3, -0.25) is 9.59 Å². The van der Waals surface area contributed by atoms with Crippen molar-refractivity contribution in [2.24, 2.45) is 0 Å². The van der Waals surface area contributed by atoms with Crippen LogP contribution in [-0.2, 0) is 9.59 Å². The molecule has 0 bridgehead atoms. The fraction of sp³-hybridized carbons (Fsp3) is 0.970. The second kappa shape index (κ2) is 64.1. The summed E-state index contributed by atoms with van der Waals surface area (Å²) in [6, 6.07) is 0. The first kappa shape index (κ1) is 68.9. The van der Waals surface area contributed by atoms with Crippen LogP contribution in [0.3, 0.4) is 0 Å². The molecule has 0 unspecified atom stereocenters. The molecule has 0 aromatic carbocycles. The monoisotopic (exact) mass is 985 g/mol. The highest BCUT2D eigenvalue weighted by atomic mass is 16.2. The summed E-state index contributed by atoms with van der Waals surface area (Å²) in [5, 5.41) is 6.25. The lowest BCUT2D eigenvalue weighted by atomic mass is 10.0. The van der Waals surface area contributed by atoms with Crippen molar-refractivity contribution in [2.45, 2.75) is 399 Å². The number of rotatable bonds is 63. The van der Waals surface area contributed by atoms with E-state index in [9.17, 15) is 9.59 Å². The van der Waals surface area contributed by atoms with Gasteiger partial charge in [-0.2, -0.15) is 0 Å². The first-order valence-electron chi connectivity index (χ1n) is 33.2. The maximum Gasteiger partial charge on any atom is 0.219 e. The Hall–Kier alpha value is -1.06. The van der Waals surface area contributed by atoms with Gasteiger partial charge in [0.15, 0.2) is 0 Å². The van der Waals surface area contributed by atoms with E-state index in [1.54, 1.807) is 0 Å².